The zero-order chi connectivity index (χ0) is 17.7. The van der Waals surface area contributed by atoms with Crippen LogP contribution in [0.25, 0.3) is 5.52 Å². The van der Waals surface area contributed by atoms with Crippen molar-refractivity contribution in [2.75, 3.05) is 6.54 Å². The molecule has 6 nitrogen and oxygen atoms in total. The Morgan fingerprint density at radius 3 is 3.04 bits per heavy atom. The summed E-state index contributed by atoms with van der Waals surface area (Å²) in [5.74, 6) is 0.234. The van der Waals surface area contributed by atoms with Crippen LogP contribution >= 0.6 is 0 Å². The van der Waals surface area contributed by atoms with Crippen molar-refractivity contribution in [2.24, 2.45) is 5.92 Å². The van der Waals surface area contributed by atoms with Crippen molar-refractivity contribution in [3.8, 4) is 0 Å². The van der Waals surface area contributed by atoms with E-state index in [1.54, 1.807) is 6.33 Å². The average molecular weight is 353 g/mol. The number of halogens is 1. The van der Waals surface area contributed by atoms with Crippen LogP contribution in [0.1, 0.15) is 42.4 Å². The zero-order valence-electron chi connectivity index (χ0n) is 14.3. The molecule has 2 aliphatic rings. The summed E-state index contributed by atoms with van der Waals surface area (Å²) in [7, 11) is 0. The first kappa shape index (κ1) is 15.5. The molecule has 1 fully saturated rings. The first-order valence-corrected chi connectivity index (χ1v) is 9.09. The topological polar surface area (TPSA) is 66.3 Å². The summed E-state index contributed by atoms with van der Waals surface area (Å²) in [6.07, 6.45) is 5.02. The van der Waals surface area contributed by atoms with Crippen LogP contribution in [0, 0.1) is 5.92 Å². The summed E-state index contributed by atoms with van der Waals surface area (Å²) >= 11 is 0. The van der Waals surface area contributed by atoms with E-state index in [-0.39, 0.29) is 17.9 Å². The molecule has 1 aliphatic carbocycles. The molecule has 4 heterocycles. The second-order valence-corrected chi connectivity index (χ2v) is 7.28. The molecule has 5 rings (SSSR count). The van der Waals surface area contributed by atoms with Gasteiger partial charge >= 0.3 is 0 Å². The maximum absolute atomic E-state index is 13.1. The molecule has 1 N–H and O–H groups in total. The van der Waals surface area contributed by atoms with Crippen LogP contribution in [0.3, 0.4) is 0 Å². The van der Waals surface area contributed by atoms with E-state index in [2.05, 4.69) is 15.1 Å². The lowest BCUT2D eigenvalue weighted by molar-refractivity contribution is -0.135. The molecule has 7 heteroatoms. The van der Waals surface area contributed by atoms with E-state index in [1.165, 1.54) is 0 Å². The van der Waals surface area contributed by atoms with Gasteiger partial charge in [0, 0.05) is 31.3 Å². The maximum Gasteiger partial charge on any atom is 0.223 e. The third-order valence-electron chi connectivity index (χ3n) is 5.56. The molecule has 1 atom stereocenters. The minimum Gasteiger partial charge on any atom is -0.348 e. The number of rotatable bonds is 3. The number of carbonyl (C=O) groups is 1. The molecule has 0 unspecified atom stereocenters. The van der Waals surface area contributed by atoms with Gasteiger partial charge in [0.05, 0.1) is 23.2 Å². The summed E-state index contributed by atoms with van der Waals surface area (Å²) in [5, 5.41) is 4.68. The number of H-pyrrole nitrogens is 1. The van der Waals surface area contributed by atoms with Gasteiger partial charge in [0.15, 0.2) is 0 Å². The third kappa shape index (κ3) is 2.50. The highest BCUT2D eigenvalue weighted by molar-refractivity contribution is 5.78. The Hall–Kier alpha value is -2.70. The zero-order valence-corrected chi connectivity index (χ0v) is 14.3. The first-order valence-electron chi connectivity index (χ1n) is 9.09. The lowest BCUT2D eigenvalue weighted by Crippen LogP contribution is -2.42. The molecule has 3 aromatic heterocycles. The largest absolute Gasteiger partial charge is 0.348 e. The van der Waals surface area contributed by atoms with Crippen LogP contribution < -0.4 is 0 Å². The van der Waals surface area contributed by atoms with Crippen molar-refractivity contribution in [1.82, 2.24) is 24.5 Å². The molecule has 0 aromatic carbocycles. The highest BCUT2D eigenvalue weighted by atomic mass is 19.1. The summed E-state index contributed by atoms with van der Waals surface area (Å²) in [4.78, 5) is 22.5. The van der Waals surface area contributed by atoms with E-state index in [4.69, 9.17) is 0 Å². The SMILES string of the molecule is O=C(CC1CC(F)C1)N1CCc2[nH]cnc2[C@H]1c1cc2ccccn2n1. The van der Waals surface area contributed by atoms with E-state index in [0.717, 1.165) is 29.0 Å². The van der Waals surface area contributed by atoms with Gasteiger partial charge < -0.3 is 9.88 Å². The summed E-state index contributed by atoms with van der Waals surface area (Å²) < 4.78 is 14.9. The fourth-order valence-corrected chi connectivity index (χ4v) is 4.12. The quantitative estimate of drug-likeness (QED) is 0.787. The van der Waals surface area contributed by atoms with Gasteiger partial charge in [-0.1, -0.05) is 6.07 Å². The van der Waals surface area contributed by atoms with Crippen molar-refractivity contribution in [2.45, 2.75) is 37.9 Å². The van der Waals surface area contributed by atoms with Crippen LogP contribution in [0.5, 0.6) is 0 Å². The lowest BCUT2D eigenvalue weighted by atomic mass is 9.80. The van der Waals surface area contributed by atoms with Gasteiger partial charge in [-0.3, -0.25) is 4.79 Å². The van der Waals surface area contributed by atoms with Gasteiger partial charge in [0.2, 0.25) is 5.91 Å². The number of hydrogen-bond donors (Lipinski definition) is 1. The summed E-state index contributed by atoms with van der Waals surface area (Å²) in [6, 6.07) is 7.60. The van der Waals surface area contributed by atoms with Crippen molar-refractivity contribution in [1.29, 1.82) is 0 Å². The second-order valence-electron chi connectivity index (χ2n) is 7.28. The number of hydrogen-bond acceptors (Lipinski definition) is 3. The van der Waals surface area contributed by atoms with E-state index in [1.807, 2.05) is 39.9 Å². The summed E-state index contributed by atoms with van der Waals surface area (Å²) in [5.41, 5.74) is 3.72. The second kappa shape index (κ2) is 5.93. The molecule has 0 bridgehead atoms. The van der Waals surface area contributed by atoms with Gasteiger partial charge in [-0.25, -0.2) is 13.9 Å². The lowest BCUT2D eigenvalue weighted by Gasteiger charge is -2.36. The first-order chi connectivity index (χ1) is 12.7. The molecular weight excluding hydrogens is 333 g/mol. The van der Waals surface area contributed by atoms with Crippen molar-refractivity contribution in [3.63, 3.8) is 0 Å². The summed E-state index contributed by atoms with van der Waals surface area (Å²) in [6.45, 7) is 0.623. The van der Waals surface area contributed by atoms with Gasteiger partial charge in [-0.15, -0.1) is 0 Å². The van der Waals surface area contributed by atoms with Crippen molar-refractivity contribution in [3.05, 3.63) is 53.9 Å². The number of alkyl halides is 1. The fraction of sp³-hybridized carbons (Fsp3) is 0.421. The van der Waals surface area contributed by atoms with Crippen molar-refractivity contribution < 1.29 is 9.18 Å². The number of aromatic nitrogens is 4. The number of nitrogens with zero attached hydrogens (tertiary/aromatic N) is 4. The monoisotopic (exact) mass is 353 g/mol. The molecule has 134 valence electrons. The molecule has 0 saturated heterocycles. The minimum atomic E-state index is -0.735. The normalized spacial score (nSPS) is 25.1. The third-order valence-corrected chi connectivity index (χ3v) is 5.56. The average Bonchev–Trinajstić information content (AvgIpc) is 3.25. The van der Waals surface area contributed by atoms with Crippen LogP contribution in [-0.4, -0.2) is 43.1 Å². The van der Waals surface area contributed by atoms with Crippen LogP contribution in [0.2, 0.25) is 0 Å². The van der Waals surface area contributed by atoms with Crippen LogP contribution in [0.4, 0.5) is 4.39 Å². The molecule has 1 saturated carbocycles. The van der Waals surface area contributed by atoms with E-state index in [9.17, 15) is 9.18 Å². The highest BCUT2D eigenvalue weighted by Gasteiger charge is 2.38. The maximum atomic E-state index is 13.1. The standard InChI is InChI=1S/C19H20FN5O/c20-13-7-12(8-13)9-17(26)24-6-4-15-18(22-11-21-15)19(24)16-10-14-3-1-2-5-25(14)23-16/h1-3,5,10-13,19H,4,6-9H2,(H,21,22)/t12?,13?,19-/m1/s1. The number of pyridine rings is 1. The Bertz CT molecular complexity index is 925. The predicted molar refractivity (Wildman–Crippen MR) is 93.3 cm³/mol. The van der Waals surface area contributed by atoms with E-state index >= 15 is 0 Å². The van der Waals surface area contributed by atoms with Crippen molar-refractivity contribution >= 4 is 11.4 Å². The Morgan fingerprint density at radius 2 is 2.23 bits per heavy atom. The highest BCUT2D eigenvalue weighted by Crippen LogP contribution is 2.37. The Morgan fingerprint density at radius 1 is 1.35 bits per heavy atom. The number of carbonyl (C=O) groups excluding carboxylic acids is 1. The van der Waals surface area contributed by atoms with Gasteiger partial charge in [0.25, 0.3) is 0 Å². The molecule has 0 radical (unpaired) electrons. The Labute approximate surface area is 150 Å². The van der Waals surface area contributed by atoms with E-state index < -0.39 is 6.17 Å². The molecule has 1 aliphatic heterocycles. The van der Waals surface area contributed by atoms with Gasteiger partial charge in [-0.2, -0.15) is 5.10 Å². The predicted octanol–water partition coefficient (Wildman–Crippen LogP) is 2.67. The number of fused-ring (bicyclic) bond motifs is 2. The number of imidazole rings is 1. The Kier molecular flexibility index (Phi) is 3.55. The molecule has 26 heavy (non-hydrogen) atoms. The fourth-order valence-electron chi connectivity index (χ4n) is 4.12. The minimum absolute atomic E-state index is 0.0672. The van der Waals surface area contributed by atoms with Crippen LogP contribution in [-0.2, 0) is 11.2 Å². The number of aromatic amines is 1. The van der Waals surface area contributed by atoms with Crippen LogP contribution in [0.15, 0.2) is 36.8 Å². The van der Waals surface area contributed by atoms with Gasteiger partial charge in [0.1, 0.15) is 12.2 Å². The van der Waals surface area contributed by atoms with Gasteiger partial charge in [-0.05, 0) is 37.0 Å². The number of nitrogens with one attached hydrogen (secondary N) is 1. The molecule has 3 aromatic rings. The Balaban J connectivity index is 1.50. The van der Waals surface area contributed by atoms with E-state index in [0.29, 0.717) is 25.8 Å². The molecule has 0 spiro atoms. The molecular formula is C19H20FN5O. The molecule has 1 amide bonds. The smallest absolute Gasteiger partial charge is 0.223 e. The number of amides is 1.